The summed E-state index contributed by atoms with van der Waals surface area (Å²) < 4.78 is 40.4. The molecule has 0 fully saturated rings. The van der Waals surface area contributed by atoms with Gasteiger partial charge in [-0.1, -0.05) is 0 Å². The highest BCUT2D eigenvalue weighted by Crippen LogP contribution is 2.26. The molecule has 4 nitrogen and oxygen atoms in total. The Balaban J connectivity index is 0. The lowest BCUT2D eigenvalue weighted by molar-refractivity contribution is -0.140. The van der Waals surface area contributed by atoms with Gasteiger partial charge in [-0.2, -0.15) is 13.2 Å². The number of hydrogen-bond acceptors (Lipinski definition) is 5. The third kappa shape index (κ3) is 13.0. The maximum atomic E-state index is 11.9. The zero-order valence-electron chi connectivity index (χ0n) is 10.4. The summed E-state index contributed by atoms with van der Waals surface area (Å²) in [6.45, 7) is 0. The number of terminal acetylenes is 1. The Morgan fingerprint density at radius 1 is 1.42 bits per heavy atom. The average Bonchev–Trinajstić information content (AvgIpc) is 2.37. The first-order valence-electron chi connectivity index (χ1n) is 5.27. The van der Waals surface area contributed by atoms with Gasteiger partial charge in [-0.15, -0.1) is 24.1 Å². The molecule has 0 N–H and O–H groups in total. The molecule has 8 heteroatoms. The smallest absolute Gasteiger partial charge is 0.389 e. The number of rotatable bonds is 7. The van der Waals surface area contributed by atoms with Crippen molar-refractivity contribution in [2.24, 2.45) is 0 Å². The lowest BCUT2D eigenvalue weighted by Crippen LogP contribution is -2.20. The Kier molecular flexibility index (Phi) is 12.5. The van der Waals surface area contributed by atoms with Gasteiger partial charge in [0.05, 0.1) is 13.5 Å². The van der Waals surface area contributed by atoms with E-state index in [1.165, 1.54) is 7.11 Å². The Hall–Kier alpha value is -1.23. The van der Waals surface area contributed by atoms with E-state index in [1.807, 2.05) is 0 Å². The minimum Gasteiger partial charge on any atom is -0.468 e. The van der Waals surface area contributed by atoms with Crippen LogP contribution in [0.25, 0.3) is 0 Å². The molecule has 0 aliphatic heterocycles. The van der Waals surface area contributed by atoms with Gasteiger partial charge in [-0.3, -0.25) is 4.79 Å². The summed E-state index contributed by atoms with van der Waals surface area (Å²) >= 11 is 0.968. The van der Waals surface area contributed by atoms with Crippen molar-refractivity contribution in [3.05, 3.63) is 9.93 Å². The van der Waals surface area contributed by atoms with Gasteiger partial charge in [0.2, 0.25) is 0 Å². The van der Waals surface area contributed by atoms with E-state index in [9.17, 15) is 18.0 Å². The van der Waals surface area contributed by atoms with Crippen LogP contribution in [-0.2, 0) is 9.53 Å². The number of ether oxygens (including phenoxy) is 1. The lowest BCUT2D eigenvalue weighted by atomic mass is 10.2. The van der Waals surface area contributed by atoms with Crippen molar-refractivity contribution in [2.45, 2.75) is 37.1 Å². The van der Waals surface area contributed by atoms with E-state index in [-0.39, 0.29) is 5.75 Å². The fourth-order valence-corrected chi connectivity index (χ4v) is 2.31. The number of alkyl halides is 3. The largest absolute Gasteiger partial charge is 0.468 e. The van der Waals surface area contributed by atoms with Crippen molar-refractivity contribution >= 4 is 17.7 Å². The summed E-state index contributed by atoms with van der Waals surface area (Å²) in [6.07, 6.45) is 1.53. The van der Waals surface area contributed by atoms with Gasteiger partial charge in [0.1, 0.15) is 5.25 Å². The first-order chi connectivity index (χ1) is 8.90. The highest BCUT2D eigenvalue weighted by Gasteiger charge is 2.28. The Labute approximate surface area is 113 Å². The number of methoxy groups -OCH3 is 1. The third-order valence-corrected chi connectivity index (χ3v) is 3.23. The van der Waals surface area contributed by atoms with Gasteiger partial charge in [0.25, 0.3) is 0 Å². The molecule has 0 aromatic heterocycles. The molecule has 0 bridgehead atoms. The van der Waals surface area contributed by atoms with Crippen molar-refractivity contribution in [2.75, 3.05) is 12.9 Å². The summed E-state index contributed by atoms with van der Waals surface area (Å²) in [6, 6.07) is 0. The lowest BCUT2D eigenvalue weighted by Gasteiger charge is -2.14. The molecule has 0 aliphatic carbocycles. The van der Waals surface area contributed by atoms with Crippen LogP contribution in [-0.4, -0.2) is 30.3 Å². The third-order valence-electron chi connectivity index (χ3n) is 1.96. The van der Waals surface area contributed by atoms with E-state index in [0.717, 1.165) is 11.8 Å². The van der Waals surface area contributed by atoms with Crippen LogP contribution in [0.1, 0.15) is 25.7 Å². The van der Waals surface area contributed by atoms with Crippen LogP contribution in [0.15, 0.2) is 0 Å². The van der Waals surface area contributed by atoms with Crippen LogP contribution < -0.4 is 0 Å². The van der Waals surface area contributed by atoms with Gasteiger partial charge < -0.3 is 4.74 Å². The minimum atomic E-state index is -4.19. The first kappa shape index (κ1) is 20.1. The molecule has 0 aromatic carbocycles. The summed E-state index contributed by atoms with van der Waals surface area (Å²) in [5.74, 6) is 1.79. The van der Waals surface area contributed by atoms with E-state index in [1.54, 1.807) is 0 Å². The number of hydrogen-bond donors (Lipinski definition) is 0. The molecule has 110 valence electrons. The van der Waals surface area contributed by atoms with Gasteiger partial charge in [-0.05, 0) is 12.8 Å². The highest BCUT2D eigenvalue weighted by molar-refractivity contribution is 8.00. The molecule has 19 heavy (non-hydrogen) atoms. The molecule has 0 rings (SSSR count). The summed E-state index contributed by atoms with van der Waals surface area (Å²) in [5, 5.41) is -0.560. The summed E-state index contributed by atoms with van der Waals surface area (Å²) in [7, 11) is 1.22. The molecular weight excluding hydrogens is 285 g/mol. The standard InChI is InChI=1S/C11H15F3O2S.O2/c1-3-4-5-6-9(10(15)16-2)17-8-7-11(12,13)14;1-2/h1,9H,4-8H2,2H3;. The van der Waals surface area contributed by atoms with Crippen LogP contribution in [0.4, 0.5) is 13.2 Å². The molecule has 0 saturated carbocycles. The van der Waals surface area contributed by atoms with Crippen molar-refractivity contribution < 1.29 is 22.7 Å². The number of esters is 1. The van der Waals surface area contributed by atoms with Crippen LogP contribution in [0.2, 0.25) is 0 Å². The molecule has 1 atom stereocenters. The minimum absolute atomic E-state index is 0.140. The Morgan fingerprint density at radius 2 is 2.00 bits per heavy atom. The normalized spacial score (nSPS) is 11.7. The monoisotopic (exact) mass is 300 g/mol. The molecule has 0 aliphatic rings. The Morgan fingerprint density at radius 3 is 2.42 bits per heavy atom. The fraction of sp³-hybridized carbons (Fsp3) is 0.727. The molecule has 1 unspecified atom stereocenters. The first-order valence-corrected chi connectivity index (χ1v) is 6.32. The molecule has 0 aromatic rings. The van der Waals surface area contributed by atoms with E-state index in [4.69, 9.17) is 16.4 Å². The van der Waals surface area contributed by atoms with E-state index < -0.39 is 23.8 Å². The maximum Gasteiger partial charge on any atom is 0.389 e. The fourth-order valence-electron chi connectivity index (χ4n) is 1.11. The predicted octanol–water partition coefficient (Wildman–Crippen LogP) is 3.08. The molecule has 0 spiro atoms. The number of thioether (sulfide) groups is 1. The van der Waals surface area contributed by atoms with Gasteiger partial charge in [-0.25, -0.2) is 0 Å². The summed E-state index contributed by atoms with van der Waals surface area (Å²) in [4.78, 5) is 25.3. The van der Waals surface area contributed by atoms with E-state index in [0.29, 0.717) is 19.3 Å². The molecule has 0 heterocycles. The number of carbonyl (C=O) groups is 1. The predicted molar refractivity (Wildman–Crippen MR) is 68.4 cm³/mol. The van der Waals surface area contributed by atoms with Gasteiger partial charge in [0.15, 0.2) is 0 Å². The van der Waals surface area contributed by atoms with E-state index >= 15 is 0 Å². The van der Waals surface area contributed by atoms with Gasteiger partial charge >= 0.3 is 12.1 Å². The second-order valence-corrected chi connectivity index (χ2v) is 4.65. The number of halogens is 3. The Bertz CT molecular complexity index is 289. The average molecular weight is 300 g/mol. The molecular formula is C11H15F3O4S. The van der Waals surface area contributed by atoms with Crippen LogP contribution in [0, 0.1) is 22.3 Å². The van der Waals surface area contributed by atoms with Crippen LogP contribution >= 0.6 is 11.8 Å². The quantitative estimate of drug-likeness (QED) is 0.411. The number of carbonyl (C=O) groups excluding carboxylic acids is 1. The SMILES string of the molecule is C#CCCCC(SCCC(F)(F)F)C(=O)OC.O=O. The van der Waals surface area contributed by atoms with Crippen molar-refractivity contribution in [3.8, 4) is 12.3 Å². The van der Waals surface area contributed by atoms with E-state index in [2.05, 4.69) is 10.7 Å². The van der Waals surface area contributed by atoms with Crippen LogP contribution in [0.5, 0.6) is 0 Å². The van der Waals surface area contributed by atoms with Crippen molar-refractivity contribution in [1.82, 2.24) is 0 Å². The zero-order chi connectivity index (χ0) is 15.3. The second-order valence-electron chi connectivity index (χ2n) is 3.34. The highest BCUT2D eigenvalue weighted by atomic mass is 32.2. The molecule has 0 saturated heterocycles. The van der Waals surface area contributed by atoms with Crippen molar-refractivity contribution in [3.63, 3.8) is 0 Å². The van der Waals surface area contributed by atoms with Crippen LogP contribution in [0.3, 0.4) is 0 Å². The second kappa shape index (κ2) is 11.8. The summed E-state index contributed by atoms with van der Waals surface area (Å²) in [5.41, 5.74) is 0. The zero-order valence-corrected chi connectivity index (χ0v) is 11.2. The topological polar surface area (TPSA) is 60.4 Å². The molecule has 0 amide bonds. The van der Waals surface area contributed by atoms with Crippen molar-refractivity contribution in [1.29, 1.82) is 0 Å². The van der Waals surface area contributed by atoms with Gasteiger partial charge in [0, 0.05) is 22.1 Å². The maximum absolute atomic E-state index is 11.9. The molecule has 0 radical (unpaired) electrons. The number of unbranched alkanes of at least 4 members (excludes halogenated alkanes) is 1.